The van der Waals surface area contributed by atoms with Crippen molar-refractivity contribution in [3.8, 4) is 0 Å². The minimum atomic E-state index is -0.874. The SMILES string of the molecule is O=C(O)c1ccc(Br)cc1N1CCNCC1. The topological polar surface area (TPSA) is 52.6 Å². The lowest BCUT2D eigenvalue weighted by Crippen LogP contribution is -2.44. The third kappa shape index (κ3) is 2.36. The second-order valence-corrected chi connectivity index (χ2v) is 4.62. The first-order valence-electron chi connectivity index (χ1n) is 5.17. The Labute approximate surface area is 102 Å². The van der Waals surface area contributed by atoms with Gasteiger partial charge in [-0.3, -0.25) is 0 Å². The van der Waals surface area contributed by atoms with Gasteiger partial charge in [-0.05, 0) is 18.2 Å². The highest BCUT2D eigenvalue weighted by Crippen LogP contribution is 2.25. The number of halogens is 1. The van der Waals surface area contributed by atoms with Gasteiger partial charge in [-0.2, -0.15) is 0 Å². The fourth-order valence-electron chi connectivity index (χ4n) is 1.85. The minimum Gasteiger partial charge on any atom is -0.478 e. The molecule has 1 saturated heterocycles. The number of rotatable bonds is 2. The number of piperazine rings is 1. The van der Waals surface area contributed by atoms with E-state index in [0.29, 0.717) is 5.56 Å². The van der Waals surface area contributed by atoms with Gasteiger partial charge in [0.1, 0.15) is 0 Å². The highest BCUT2D eigenvalue weighted by Gasteiger charge is 2.17. The average Bonchev–Trinajstić information content (AvgIpc) is 2.29. The summed E-state index contributed by atoms with van der Waals surface area (Å²) in [7, 11) is 0. The van der Waals surface area contributed by atoms with Gasteiger partial charge in [0.25, 0.3) is 0 Å². The molecule has 1 aromatic rings. The van der Waals surface area contributed by atoms with Gasteiger partial charge in [0.2, 0.25) is 0 Å². The highest BCUT2D eigenvalue weighted by atomic mass is 79.9. The summed E-state index contributed by atoms with van der Waals surface area (Å²) >= 11 is 3.38. The molecule has 0 radical (unpaired) electrons. The third-order valence-corrected chi connectivity index (χ3v) is 3.14. The molecule has 16 heavy (non-hydrogen) atoms. The molecule has 0 bridgehead atoms. The van der Waals surface area contributed by atoms with E-state index in [1.54, 1.807) is 12.1 Å². The smallest absolute Gasteiger partial charge is 0.337 e. The molecule has 1 fully saturated rings. The van der Waals surface area contributed by atoms with E-state index in [-0.39, 0.29) is 0 Å². The van der Waals surface area contributed by atoms with Crippen LogP contribution in [-0.2, 0) is 0 Å². The Kier molecular flexibility index (Phi) is 3.46. The van der Waals surface area contributed by atoms with Gasteiger partial charge in [-0.15, -0.1) is 0 Å². The van der Waals surface area contributed by atoms with Gasteiger partial charge >= 0.3 is 5.97 Å². The van der Waals surface area contributed by atoms with Gasteiger partial charge in [-0.25, -0.2) is 4.79 Å². The minimum absolute atomic E-state index is 0.366. The van der Waals surface area contributed by atoms with Crippen molar-refractivity contribution in [2.75, 3.05) is 31.1 Å². The molecule has 0 saturated carbocycles. The number of aromatic carboxylic acids is 1. The highest BCUT2D eigenvalue weighted by molar-refractivity contribution is 9.10. The molecule has 0 spiro atoms. The van der Waals surface area contributed by atoms with Crippen LogP contribution in [0.5, 0.6) is 0 Å². The number of anilines is 1. The van der Waals surface area contributed by atoms with Crippen molar-refractivity contribution in [2.24, 2.45) is 0 Å². The number of nitrogens with zero attached hydrogens (tertiary/aromatic N) is 1. The van der Waals surface area contributed by atoms with Crippen LogP contribution in [0.1, 0.15) is 10.4 Å². The lowest BCUT2D eigenvalue weighted by molar-refractivity contribution is 0.0697. The zero-order valence-corrected chi connectivity index (χ0v) is 10.3. The molecule has 1 aromatic carbocycles. The third-order valence-electron chi connectivity index (χ3n) is 2.65. The summed E-state index contributed by atoms with van der Waals surface area (Å²) in [5.41, 5.74) is 1.16. The first-order valence-corrected chi connectivity index (χ1v) is 5.96. The number of nitrogens with one attached hydrogen (secondary N) is 1. The van der Waals surface area contributed by atoms with Crippen LogP contribution in [0.3, 0.4) is 0 Å². The van der Waals surface area contributed by atoms with Gasteiger partial charge in [0.05, 0.1) is 11.3 Å². The second-order valence-electron chi connectivity index (χ2n) is 3.70. The zero-order chi connectivity index (χ0) is 11.5. The van der Waals surface area contributed by atoms with Crippen molar-refractivity contribution in [1.82, 2.24) is 5.32 Å². The fraction of sp³-hybridized carbons (Fsp3) is 0.364. The lowest BCUT2D eigenvalue weighted by atomic mass is 10.1. The van der Waals surface area contributed by atoms with Crippen molar-refractivity contribution in [2.45, 2.75) is 0 Å². The summed E-state index contributed by atoms with van der Waals surface area (Å²) < 4.78 is 0.908. The van der Waals surface area contributed by atoms with Crippen LogP contribution in [0.2, 0.25) is 0 Å². The molecule has 0 atom stereocenters. The van der Waals surface area contributed by atoms with E-state index in [2.05, 4.69) is 26.1 Å². The molecule has 2 N–H and O–H groups in total. The summed E-state index contributed by atoms with van der Waals surface area (Å²) in [5, 5.41) is 12.4. The quantitative estimate of drug-likeness (QED) is 0.866. The molecule has 1 heterocycles. The Hall–Kier alpha value is -1.07. The van der Waals surface area contributed by atoms with Gasteiger partial charge in [0, 0.05) is 30.7 Å². The van der Waals surface area contributed by atoms with Crippen molar-refractivity contribution in [1.29, 1.82) is 0 Å². The number of hydrogen-bond donors (Lipinski definition) is 2. The Bertz CT molecular complexity index is 403. The zero-order valence-electron chi connectivity index (χ0n) is 8.74. The molecule has 86 valence electrons. The van der Waals surface area contributed by atoms with Crippen molar-refractivity contribution in [3.05, 3.63) is 28.2 Å². The monoisotopic (exact) mass is 284 g/mol. The van der Waals surface area contributed by atoms with E-state index in [1.165, 1.54) is 0 Å². The van der Waals surface area contributed by atoms with Crippen LogP contribution in [0.4, 0.5) is 5.69 Å². The van der Waals surface area contributed by atoms with Crippen molar-refractivity contribution >= 4 is 27.6 Å². The van der Waals surface area contributed by atoms with Crippen LogP contribution in [0.15, 0.2) is 22.7 Å². The van der Waals surface area contributed by atoms with Gasteiger partial charge in [-0.1, -0.05) is 15.9 Å². The summed E-state index contributed by atoms with van der Waals surface area (Å²) in [6.07, 6.45) is 0. The Balaban J connectivity index is 2.36. The molecule has 2 rings (SSSR count). The molecule has 5 heteroatoms. The maximum Gasteiger partial charge on any atom is 0.337 e. The molecule has 4 nitrogen and oxygen atoms in total. The molecule has 0 amide bonds. The van der Waals surface area contributed by atoms with Crippen LogP contribution < -0.4 is 10.2 Å². The fourth-order valence-corrected chi connectivity index (χ4v) is 2.20. The molecule has 0 aliphatic carbocycles. The van der Waals surface area contributed by atoms with E-state index in [1.807, 2.05) is 6.07 Å². The first-order chi connectivity index (χ1) is 7.68. The van der Waals surface area contributed by atoms with Crippen molar-refractivity contribution in [3.63, 3.8) is 0 Å². The number of carboxylic acids is 1. The molecule has 1 aliphatic heterocycles. The van der Waals surface area contributed by atoms with Crippen LogP contribution >= 0.6 is 15.9 Å². The van der Waals surface area contributed by atoms with E-state index in [9.17, 15) is 4.79 Å². The Morgan fingerprint density at radius 3 is 2.69 bits per heavy atom. The van der Waals surface area contributed by atoms with E-state index >= 15 is 0 Å². The molecule has 0 unspecified atom stereocenters. The Morgan fingerprint density at radius 1 is 1.38 bits per heavy atom. The Morgan fingerprint density at radius 2 is 2.06 bits per heavy atom. The maximum atomic E-state index is 11.1. The predicted octanol–water partition coefficient (Wildman–Crippen LogP) is 1.56. The normalized spacial score (nSPS) is 16.2. The number of hydrogen-bond acceptors (Lipinski definition) is 3. The van der Waals surface area contributed by atoms with Crippen LogP contribution in [-0.4, -0.2) is 37.3 Å². The molecule has 0 aromatic heterocycles. The lowest BCUT2D eigenvalue weighted by Gasteiger charge is -2.30. The summed E-state index contributed by atoms with van der Waals surface area (Å²) in [5.74, 6) is -0.874. The number of carbonyl (C=O) groups is 1. The summed E-state index contributed by atoms with van der Waals surface area (Å²) in [4.78, 5) is 13.2. The molecule has 1 aliphatic rings. The molecular formula is C11H13BrN2O2. The number of carboxylic acid groups (broad SMARTS) is 1. The van der Waals surface area contributed by atoms with Gasteiger partial charge in [0.15, 0.2) is 0 Å². The van der Waals surface area contributed by atoms with E-state index in [0.717, 1.165) is 36.3 Å². The van der Waals surface area contributed by atoms with Crippen molar-refractivity contribution < 1.29 is 9.90 Å². The first kappa shape index (κ1) is 11.4. The summed E-state index contributed by atoms with van der Waals surface area (Å²) in [6, 6.07) is 5.27. The summed E-state index contributed by atoms with van der Waals surface area (Å²) in [6.45, 7) is 3.48. The predicted molar refractivity (Wildman–Crippen MR) is 66.2 cm³/mol. The van der Waals surface area contributed by atoms with Crippen LogP contribution in [0.25, 0.3) is 0 Å². The second kappa shape index (κ2) is 4.84. The largest absolute Gasteiger partial charge is 0.478 e. The van der Waals surface area contributed by atoms with Crippen LogP contribution in [0, 0.1) is 0 Å². The van der Waals surface area contributed by atoms with Gasteiger partial charge < -0.3 is 15.3 Å². The van der Waals surface area contributed by atoms with E-state index in [4.69, 9.17) is 5.11 Å². The van der Waals surface area contributed by atoms with E-state index < -0.39 is 5.97 Å². The standard InChI is InChI=1S/C11H13BrN2O2/c12-8-1-2-9(11(15)16)10(7-8)14-5-3-13-4-6-14/h1-2,7,13H,3-6H2,(H,15,16). The maximum absolute atomic E-state index is 11.1. The number of benzene rings is 1. The molecular weight excluding hydrogens is 272 g/mol. The average molecular weight is 285 g/mol.